The molecule has 0 aliphatic rings. The Morgan fingerprint density at radius 3 is 2.28 bits per heavy atom. The highest BCUT2D eigenvalue weighted by atomic mass is 32.1. The first kappa shape index (κ1) is 22.7. The van der Waals surface area contributed by atoms with E-state index in [2.05, 4.69) is 16.0 Å². The van der Waals surface area contributed by atoms with Crippen LogP contribution in [0.1, 0.15) is 21.5 Å². The zero-order valence-corrected chi connectivity index (χ0v) is 18.3. The van der Waals surface area contributed by atoms with Crippen molar-refractivity contribution >= 4 is 40.9 Å². The van der Waals surface area contributed by atoms with Crippen molar-refractivity contribution in [2.24, 2.45) is 0 Å². The van der Waals surface area contributed by atoms with Gasteiger partial charge in [0, 0.05) is 23.9 Å². The molecule has 3 N–H and O–H groups in total. The normalized spacial score (nSPS) is 10.4. The van der Waals surface area contributed by atoms with Gasteiger partial charge in [-0.25, -0.2) is 0 Å². The molecular formula is C25H23N3O3S. The van der Waals surface area contributed by atoms with Crippen molar-refractivity contribution < 1.29 is 14.3 Å². The lowest BCUT2D eigenvalue weighted by Crippen LogP contribution is -2.32. The number of thiocarbonyl (C=S) groups is 1. The maximum atomic E-state index is 12.3. The van der Waals surface area contributed by atoms with E-state index in [9.17, 15) is 9.59 Å². The highest BCUT2D eigenvalue weighted by Crippen LogP contribution is 2.12. The Morgan fingerprint density at radius 1 is 0.938 bits per heavy atom. The quantitative estimate of drug-likeness (QED) is 0.376. The third-order valence-corrected chi connectivity index (χ3v) is 4.68. The molecule has 0 heterocycles. The number of benzene rings is 3. The van der Waals surface area contributed by atoms with E-state index >= 15 is 0 Å². The smallest absolute Gasteiger partial charge is 0.251 e. The molecule has 0 saturated carbocycles. The van der Waals surface area contributed by atoms with E-state index in [0.29, 0.717) is 17.8 Å². The van der Waals surface area contributed by atoms with Crippen LogP contribution in [0.4, 0.5) is 5.69 Å². The van der Waals surface area contributed by atoms with Crippen LogP contribution >= 0.6 is 12.2 Å². The molecule has 3 aromatic carbocycles. The molecule has 0 radical (unpaired) electrons. The van der Waals surface area contributed by atoms with Crippen molar-refractivity contribution in [2.75, 3.05) is 12.4 Å². The van der Waals surface area contributed by atoms with E-state index in [4.69, 9.17) is 17.0 Å². The zero-order valence-electron chi connectivity index (χ0n) is 17.5. The first-order chi connectivity index (χ1) is 15.5. The Kier molecular flexibility index (Phi) is 8.11. The molecule has 6 nitrogen and oxygen atoms in total. The molecule has 3 aromatic rings. The standard InChI is InChI=1S/C25H23N3O3S/c1-31-22-14-7-18(8-15-22)9-16-23(29)28-25(32)27-21-12-10-20(11-13-21)24(30)26-17-19-5-3-2-4-6-19/h2-16H,17H2,1H3,(H,26,30)(H2,27,28,29,32)/b16-9+. The van der Waals surface area contributed by atoms with Crippen LogP contribution in [0, 0.1) is 0 Å². The fourth-order valence-corrected chi connectivity index (χ4v) is 3.01. The predicted molar refractivity (Wildman–Crippen MR) is 130 cm³/mol. The fourth-order valence-electron chi connectivity index (χ4n) is 2.79. The second kappa shape index (κ2) is 11.4. The number of rotatable bonds is 7. The van der Waals surface area contributed by atoms with Crippen molar-refractivity contribution in [2.45, 2.75) is 6.54 Å². The number of anilines is 1. The second-order valence-corrected chi connectivity index (χ2v) is 7.20. The molecule has 2 amide bonds. The summed E-state index contributed by atoms with van der Waals surface area (Å²) in [6.07, 6.45) is 3.08. The maximum absolute atomic E-state index is 12.3. The van der Waals surface area contributed by atoms with Crippen LogP contribution < -0.4 is 20.7 Å². The first-order valence-electron chi connectivity index (χ1n) is 9.90. The molecule has 0 aliphatic heterocycles. The summed E-state index contributed by atoms with van der Waals surface area (Å²) in [7, 11) is 1.60. The van der Waals surface area contributed by atoms with E-state index in [1.165, 1.54) is 6.08 Å². The summed E-state index contributed by atoms with van der Waals surface area (Å²) in [4.78, 5) is 24.4. The van der Waals surface area contributed by atoms with Crippen LogP contribution in [0.25, 0.3) is 6.08 Å². The van der Waals surface area contributed by atoms with Gasteiger partial charge < -0.3 is 15.4 Å². The Balaban J connectivity index is 1.46. The number of nitrogens with one attached hydrogen (secondary N) is 3. The van der Waals surface area contributed by atoms with E-state index in [1.807, 2.05) is 54.6 Å². The van der Waals surface area contributed by atoms with Crippen LogP contribution in [-0.2, 0) is 11.3 Å². The Bertz CT molecular complexity index is 1100. The van der Waals surface area contributed by atoms with Gasteiger partial charge in [0.15, 0.2) is 5.11 Å². The van der Waals surface area contributed by atoms with Crippen molar-refractivity contribution in [3.63, 3.8) is 0 Å². The summed E-state index contributed by atoms with van der Waals surface area (Å²) in [5, 5.41) is 8.56. The number of carbonyl (C=O) groups excluding carboxylic acids is 2. The molecule has 0 unspecified atom stereocenters. The summed E-state index contributed by atoms with van der Waals surface area (Å²) in [6.45, 7) is 0.458. The van der Waals surface area contributed by atoms with E-state index in [-0.39, 0.29) is 16.9 Å². The van der Waals surface area contributed by atoms with E-state index < -0.39 is 0 Å². The average molecular weight is 446 g/mol. The van der Waals surface area contributed by atoms with Gasteiger partial charge in [-0.15, -0.1) is 0 Å². The van der Waals surface area contributed by atoms with Crippen molar-refractivity contribution in [3.8, 4) is 5.75 Å². The molecule has 3 rings (SSSR count). The molecular weight excluding hydrogens is 422 g/mol. The van der Waals surface area contributed by atoms with Crippen LogP contribution in [0.3, 0.4) is 0 Å². The third-order valence-electron chi connectivity index (χ3n) is 4.48. The molecule has 162 valence electrons. The summed E-state index contributed by atoms with van der Waals surface area (Å²) in [6, 6.07) is 23.8. The van der Waals surface area contributed by atoms with Crippen molar-refractivity contribution in [3.05, 3.63) is 102 Å². The minimum absolute atomic E-state index is 0.163. The van der Waals surface area contributed by atoms with Gasteiger partial charge in [-0.2, -0.15) is 0 Å². The van der Waals surface area contributed by atoms with Crippen LogP contribution in [0.5, 0.6) is 5.75 Å². The van der Waals surface area contributed by atoms with Gasteiger partial charge in [-0.05, 0) is 65.8 Å². The second-order valence-electron chi connectivity index (χ2n) is 6.80. The minimum atomic E-state index is -0.352. The topological polar surface area (TPSA) is 79.5 Å². The van der Waals surface area contributed by atoms with E-state index in [0.717, 1.165) is 16.9 Å². The van der Waals surface area contributed by atoms with Crippen LogP contribution in [-0.4, -0.2) is 24.0 Å². The van der Waals surface area contributed by atoms with E-state index in [1.54, 1.807) is 37.5 Å². The van der Waals surface area contributed by atoms with Gasteiger partial charge in [-0.3, -0.25) is 14.9 Å². The molecule has 7 heteroatoms. The molecule has 0 bridgehead atoms. The van der Waals surface area contributed by atoms with Crippen molar-refractivity contribution in [1.29, 1.82) is 0 Å². The Morgan fingerprint density at radius 2 is 1.62 bits per heavy atom. The first-order valence-corrected chi connectivity index (χ1v) is 10.3. The van der Waals surface area contributed by atoms with Gasteiger partial charge in [0.2, 0.25) is 5.91 Å². The van der Waals surface area contributed by atoms with Gasteiger partial charge in [-0.1, -0.05) is 42.5 Å². The average Bonchev–Trinajstić information content (AvgIpc) is 2.82. The van der Waals surface area contributed by atoms with Gasteiger partial charge in [0.1, 0.15) is 5.75 Å². The molecule has 32 heavy (non-hydrogen) atoms. The fraction of sp³-hybridized carbons (Fsp3) is 0.0800. The summed E-state index contributed by atoms with van der Waals surface area (Å²) < 4.78 is 5.10. The highest BCUT2D eigenvalue weighted by molar-refractivity contribution is 7.80. The number of ether oxygens (including phenoxy) is 1. The van der Waals surface area contributed by atoms with Crippen molar-refractivity contribution in [1.82, 2.24) is 10.6 Å². The predicted octanol–water partition coefficient (Wildman–Crippen LogP) is 4.15. The number of hydrogen-bond donors (Lipinski definition) is 3. The lowest BCUT2D eigenvalue weighted by molar-refractivity contribution is -0.115. The molecule has 0 fully saturated rings. The number of carbonyl (C=O) groups is 2. The minimum Gasteiger partial charge on any atom is -0.497 e. The van der Waals surface area contributed by atoms with Gasteiger partial charge >= 0.3 is 0 Å². The summed E-state index contributed by atoms with van der Waals surface area (Å²) in [5.74, 6) is 0.229. The third kappa shape index (κ3) is 7.07. The Hall–Kier alpha value is -3.97. The Labute approximate surface area is 192 Å². The molecule has 0 spiro atoms. The SMILES string of the molecule is COc1ccc(/C=C/C(=O)NC(=S)Nc2ccc(C(=O)NCc3ccccc3)cc2)cc1. The van der Waals surface area contributed by atoms with Crippen LogP contribution in [0.2, 0.25) is 0 Å². The zero-order chi connectivity index (χ0) is 22.8. The molecule has 0 atom stereocenters. The number of hydrogen-bond acceptors (Lipinski definition) is 4. The summed E-state index contributed by atoms with van der Waals surface area (Å²) in [5.41, 5.74) is 3.08. The van der Waals surface area contributed by atoms with Crippen LogP contribution in [0.15, 0.2) is 84.9 Å². The molecule has 0 aromatic heterocycles. The number of methoxy groups -OCH3 is 1. The monoisotopic (exact) mass is 445 g/mol. The largest absolute Gasteiger partial charge is 0.497 e. The highest BCUT2D eigenvalue weighted by Gasteiger charge is 2.06. The molecule has 0 aliphatic carbocycles. The lowest BCUT2D eigenvalue weighted by Gasteiger charge is -2.09. The lowest BCUT2D eigenvalue weighted by atomic mass is 10.2. The number of amides is 2. The maximum Gasteiger partial charge on any atom is 0.251 e. The molecule has 0 saturated heterocycles. The summed E-state index contributed by atoms with van der Waals surface area (Å²) >= 11 is 5.18. The van der Waals surface area contributed by atoms with Gasteiger partial charge in [0.05, 0.1) is 7.11 Å². The van der Waals surface area contributed by atoms with Gasteiger partial charge in [0.25, 0.3) is 5.91 Å².